The van der Waals surface area contributed by atoms with Gasteiger partial charge in [-0.15, -0.1) is 0 Å². The molecule has 0 saturated heterocycles. The van der Waals surface area contributed by atoms with Crippen LogP contribution < -0.4 is 0 Å². The smallest absolute Gasteiger partial charge is 0.235 e. The molecular formula is C22H15N3O2. The molecule has 0 bridgehead atoms. The van der Waals surface area contributed by atoms with Gasteiger partial charge in [-0.1, -0.05) is 42.5 Å². The van der Waals surface area contributed by atoms with Gasteiger partial charge in [-0.3, -0.25) is 4.40 Å². The first-order valence-corrected chi connectivity index (χ1v) is 8.56. The standard InChI is InChI=1S/C22H15N3O2/c26-15-10-11-16(20(27)12-15)21-17(14-6-2-1-3-7-14)13-25-19-9-5-4-8-18(19)23-22(25)24-21/h1-13,26-27H. The van der Waals surface area contributed by atoms with Gasteiger partial charge in [-0.25, -0.2) is 9.97 Å². The van der Waals surface area contributed by atoms with E-state index in [-0.39, 0.29) is 11.5 Å². The minimum absolute atomic E-state index is 0.00476. The number of nitrogens with zero attached hydrogens (tertiary/aromatic N) is 3. The van der Waals surface area contributed by atoms with Crippen LogP contribution >= 0.6 is 0 Å². The predicted molar refractivity (Wildman–Crippen MR) is 105 cm³/mol. The van der Waals surface area contributed by atoms with Gasteiger partial charge in [0.15, 0.2) is 0 Å². The van der Waals surface area contributed by atoms with Gasteiger partial charge in [0.25, 0.3) is 0 Å². The molecule has 130 valence electrons. The van der Waals surface area contributed by atoms with E-state index in [0.29, 0.717) is 17.0 Å². The fraction of sp³-hybridized carbons (Fsp3) is 0. The number of hydrogen-bond donors (Lipinski definition) is 2. The normalized spacial score (nSPS) is 11.3. The lowest BCUT2D eigenvalue weighted by molar-refractivity contribution is 0.452. The third kappa shape index (κ3) is 2.48. The van der Waals surface area contributed by atoms with Crippen LogP contribution in [0.2, 0.25) is 0 Å². The Balaban J connectivity index is 1.88. The second-order valence-electron chi connectivity index (χ2n) is 6.34. The third-order valence-electron chi connectivity index (χ3n) is 4.62. The highest BCUT2D eigenvalue weighted by molar-refractivity contribution is 5.87. The molecule has 2 aromatic heterocycles. The number of rotatable bonds is 2. The maximum absolute atomic E-state index is 10.4. The molecule has 0 amide bonds. The van der Waals surface area contributed by atoms with Crippen molar-refractivity contribution in [2.75, 3.05) is 0 Å². The summed E-state index contributed by atoms with van der Waals surface area (Å²) in [5, 5.41) is 20.0. The number of para-hydroxylation sites is 2. The van der Waals surface area contributed by atoms with E-state index in [9.17, 15) is 10.2 Å². The quantitative estimate of drug-likeness (QED) is 0.485. The Bertz CT molecular complexity index is 1290. The van der Waals surface area contributed by atoms with Gasteiger partial charge in [0.05, 0.1) is 16.7 Å². The molecule has 5 rings (SSSR count). The lowest BCUT2D eigenvalue weighted by Crippen LogP contribution is -1.96. The topological polar surface area (TPSA) is 70.7 Å². The molecule has 2 heterocycles. The zero-order valence-electron chi connectivity index (χ0n) is 14.2. The van der Waals surface area contributed by atoms with Crippen molar-refractivity contribution in [3.8, 4) is 33.9 Å². The molecule has 0 fully saturated rings. The van der Waals surface area contributed by atoms with Crippen molar-refractivity contribution in [2.45, 2.75) is 0 Å². The van der Waals surface area contributed by atoms with E-state index in [1.807, 2.05) is 65.2 Å². The van der Waals surface area contributed by atoms with E-state index >= 15 is 0 Å². The van der Waals surface area contributed by atoms with Gasteiger partial charge in [-0.2, -0.15) is 0 Å². The van der Waals surface area contributed by atoms with Gasteiger partial charge >= 0.3 is 0 Å². The molecule has 0 aliphatic heterocycles. The average Bonchev–Trinajstić information content (AvgIpc) is 3.05. The maximum Gasteiger partial charge on any atom is 0.235 e. The number of imidazole rings is 1. The summed E-state index contributed by atoms with van der Waals surface area (Å²) in [5.74, 6) is 0.531. The number of phenols is 2. The van der Waals surface area contributed by atoms with Crippen molar-refractivity contribution in [3.63, 3.8) is 0 Å². The Kier molecular flexibility index (Phi) is 3.33. The molecule has 5 aromatic rings. The summed E-state index contributed by atoms with van der Waals surface area (Å²) >= 11 is 0. The highest BCUT2D eigenvalue weighted by Crippen LogP contribution is 2.37. The molecule has 0 atom stereocenters. The van der Waals surface area contributed by atoms with Gasteiger partial charge in [0.1, 0.15) is 11.5 Å². The van der Waals surface area contributed by atoms with Crippen LogP contribution in [0.5, 0.6) is 11.5 Å². The summed E-state index contributed by atoms with van der Waals surface area (Å²) in [6.07, 6.45) is 1.99. The van der Waals surface area contributed by atoms with Crippen LogP contribution in [0.3, 0.4) is 0 Å². The summed E-state index contributed by atoms with van der Waals surface area (Å²) < 4.78 is 1.96. The van der Waals surface area contributed by atoms with Crippen molar-refractivity contribution in [1.82, 2.24) is 14.4 Å². The second kappa shape index (κ2) is 5.85. The lowest BCUT2D eigenvalue weighted by atomic mass is 10.00. The van der Waals surface area contributed by atoms with Crippen LogP contribution in [0.1, 0.15) is 0 Å². The zero-order chi connectivity index (χ0) is 18.4. The molecule has 0 unspecified atom stereocenters. The van der Waals surface area contributed by atoms with Crippen LogP contribution in [0.25, 0.3) is 39.2 Å². The average molecular weight is 353 g/mol. The van der Waals surface area contributed by atoms with Crippen LogP contribution in [-0.4, -0.2) is 24.6 Å². The Morgan fingerprint density at radius 1 is 0.741 bits per heavy atom. The largest absolute Gasteiger partial charge is 0.508 e. The highest BCUT2D eigenvalue weighted by Gasteiger charge is 2.17. The van der Waals surface area contributed by atoms with E-state index in [1.165, 1.54) is 12.1 Å². The van der Waals surface area contributed by atoms with E-state index in [2.05, 4.69) is 4.98 Å². The van der Waals surface area contributed by atoms with Crippen LogP contribution in [0.15, 0.2) is 79.0 Å². The number of phenolic OH excluding ortho intramolecular Hbond substituents is 2. The third-order valence-corrected chi connectivity index (χ3v) is 4.62. The van der Waals surface area contributed by atoms with Crippen molar-refractivity contribution in [1.29, 1.82) is 0 Å². The fourth-order valence-corrected chi connectivity index (χ4v) is 3.34. The first-order chi connectivity index (χ1) is 13.2. The molecule has 3 aromatic carbocycles. The molecule has 0 saturated carbocycles. The predicted octanol–water partition coefficient (Wildman–Crippen LogP) is 4.63. The van der Waals surface area contributed by atoms with Gasteiger partial charge < -0.3 is 10.2 Å². The summed E-state index contributed by atoms with van der Waals surface area (Å²) in [6.45, 7) is 0. The number of aromatic hydroxyl groups is 2. The molecule has 0 spiro atoms. The SMILES string of the molecule is Oc1ccc(-c2nc3nc4ccccc4n3cc2-c2ccccc2)c(O)c1. The van der Waals surface area contributed by atoms with E-state index in [1.54, 1.807) is 6.07 Å². The molecule has 5 heteroatoms. The Labute approximate surface area is 154 Å². The van der Waals surface area contributed by atoms with Crippen molar-refractivity contribution in [2.24, 2.45) is 0 Å². The van der Waals surface area contributed by atoms with E-state index in [4.69, 9.17) is 4.98 Å². The number of hydrogen-bond acceptors (Lipinski definition) is 4. The molecule has 2 N–H and O–H groups in total. The maximum atomic E-state index is 10.4. The first-order valence-electron chi connectivity index (χ1n) is 8.56. The van der Waals surface area contributed by atoms with Crippen molar-refractivity contribution in [3.05, 3.63) is 79.0 Å². The minimum atomic E-state index is -0.0276. The van der Waals surface area contributed by atoms with Crippen LogP contribution in [0, 0.1) is 0 Å². The lowest BCUT2D eigenvalue weighted by Gasteiger charge is -2.12. The summed E-state index contributed by atoms with van der Waals surface area (Å²) in [5.41, 5.74) is 4.83. The van der Waals surface area contributed by atoms with Crippen molar-refractivity contribution >= 4 is 16.8 Å². The molecule has 0 radical (unpaired) electrons. The van der Waals surface area contributed by atoms with E-state index < -0.39 is 0 Å². The second-order valence-corrected chi connectivity index (χ2v) is 6.34. The van der Waals surface area contributed by atoms with Crippen molar-refractivity contribution < 1.29 is 10.2 Å². The summed E-state index contributed by atoms with van der Waals surface area (Å²) in [7, 11) is 0. The number of fused-ring (bicyclic) bond motifs is 3. The Morgan fingerprint density at radius 2 is 1.52 bits per heavy atom. The fourth-order valence-electron chi connectivity index (χ4n) is 3.34. The summed E-state index contributed by atoms with van der Waals surface area (Å²) in [6, 6.07) is 22.3. The number of aromatic nitrogens is 3. The Hall–Kier alpha value is -3.86. The monoisotopic (exact) mass is 353 g/mol. The minimum Gasteiger partial charge on any atom is -0.508 e. The first kappa shape index (κ1) is 15.4. The summed E-state index contributed by atoms with van der Waals surface area (Å²) in [4.78, 5) is 9.36. The molecule has 0 aliphatic carbocycles. The van der Waals surface area contributed by atoms with Gasteiger partial charge in [0, 0.05) is 23.4 Å². The highest BCUT2D eigenvalue weighted by atomic mass is 16.3. The molecule has 27 heavy (non-hydrogen) atoms. The zero-order valence-corrected chi connectivity index (χ0v) is 14.2. The number of benzene rings is 3. The van der Waals surface area contributed by atoms with E-state index in [0.717, 1.165) is 22.2 Å². The molecule has 5 nitrogen and oxygen atoms in total. The van der Waals surface area contributed by atoms with Crippen LogP contribution in [0.4, 0.5) is 0 Å². The molecule has 0 aliphatic rings. The van der Waals surface area contributed by atoms with Gasteiger partial charge in [-0.05, 0) is 29.8 Å². The Morgan fingerprint density at radius 3 is 2.33 bits per heavy atom. The molecular weight excluding hydrogens is 338 g/mol. The van der Waals surface area contributed by atoms with Crippen LogP contribution in [-0.2, 0) is 0 Å². The van der Waals surface area contributed by atoms with Gasteiger partial charge in [0.2, 0.25) is 5.78 Å².